The molecule has 3 heteroatoms. The molecule has 2 unspecified atom stereocenters. The number of benzene rings is 1. The smallest absolute Gasteiger partial charge is 0.224 e. The summed E-state index contributed by atoms with van der Waals surface area (Å²) in [5.74, 6) is 0.0861. The molecule has 0 spiro atoms. The van der Waals surface area contributed by atoms with Crippen LogP contribution in [0.1, 0.15) is 36.8 Å². The molecule has 2 atom stereocenters. The van der Waals surface area contributed by atoms with Gasteiger partial charge in [-0.2, -0.15) is 0 Å². The molecule has 1 aromatic carbocycles. The number of hydrogen-bond donors (Lipinski definition) is 2. The van der Waals surface area contributed by atoms with Crippen LogP contribution in [0.5, 0.6) is 0 Å². The van der Waals surface area contributed by atoms with E-state index in [-0.39, 0.29) is 18.0 Å². The molecule has 1 aliphatic rings. The van der Waals surface area contributed by atoms with Gasteiger partial charge in [0, 0.05) is 12.1 Å². The number of nitrogens with one attached hydrogen (secondary N) is 1. The van der Waals surface area contributed by atoms with E-state index in [4.69, 9.17) is 5.73 Å². The normalized spacial score (nSPS) is 23.7. The van der Waals surface area contributed by atoms with Crippen molar-refractivity contribution in [2.24, 2.45) is 5.73 Å². The fourth-order valence-electron chi connectivity index (χ4n) is 2.60. The second kappa shape index (κ2) is 6.01. The van der Waals surface area contributed by atoms with Crippen LogP contribution in [0.4, 0.5) is 0 Å². The fourth-order valence-corrected chi connectivity index (χ4v) is 2.60. The molecule has 3 nitrogen and oxygen atoms in total. The van der Waals surface area contributed by atoms with Gasteiger partial charge in [-0.25, -0.2) is 0 Å². The molecule has 2 rings (SSSR count). The number of carbonyl (C=O) groups is 1. The molecular formula is C15H22N2O. The number of carbonyl (C=O) groups excluding carboxylic acids is 1. The van der Waals surface area contributed by atoms with Gasteiger partial charge < -0.3 is 11.1 Å². The summed E-state index contributed by atoms with van der Waals surface area (Å²) in [6.45, 7) is 2.04. The first-order valence-corrected chi connectivity index (χ1v) is 6.75. The summed E-state index contributed by atoms with van der Waals surface area (Å²) >= 11 is 0. The Balaban J connectivity index is 1.88. The molecule has 0 saturated heterocycles. The van der Waals surface area contributed by atoms with Gasteiger partial charge in [0.05, 0.1) is 6.42 Å². The molecule has 1 amide bonds. The molecule has 3 N–H and O–H groups in total. The maximum atomic E-state index is 12.0. The van der Waals surface area contributed by atoms with Crippen molar-refractivity contribution in [1.82, 2.24) is 5.32 Å². The summed E-state index contributed by atoms with van der Waals surface area (Å²) in [6.07, 6.45) is 4.84. The first-order chi connectivity index (χ1) is 8.65. The molecule has 0 aliphatic heterocycles. The lowest BCUT2D eigenvalue weighted by molar-refractivity contribution is -0.121. The topological polar surface area (TPSA) is 55.1 Å². The fraction of sp³-hybridized carbons (Fsp3) is 0.533. The Hall–Kier alpha value is -1.35. The highest BCUT2D eigenvalue weighted by Crippen LogP contribution is 2.17. The lowest BCUT2D eigenvalue weighted by atomic mass is 9.91. The summed E-state index contributed by atoms with van der Waals surface area (Å²) in [5.41, 5.74) is 8.29. The lowest BCUT2D eigenvalue weighted by Crippen LogP contribution is -2.49. The van der Waals surface area contributed by atoms with Gasteiger partial charge in [0.15, 0.2) is 0 Å². The zero-order valence-corrected chi connectivity index (χ0v) is 11.0. The minimum absolute atomic E-state index is 0.0861. The van der Waals surface area contributed by atoms with Gasteiger partial charge in [-0.05, 0) is 25.3 Å². The Morgan fingerprint density at radius 1 is 1.39 bits per heavy atom. The van der Waals surface area contributed by atoms with Gasteiger partial charge in [0.25, 0.3) is 0 Å². The van der Waals surface area contributed by atoms with E-state index in [1.165, 1.54) is 18.4 Å². The maximum absolute atomic E-state index is 12.0. The predicted molar refractivity (Wildman–Crippen MR) is 73.3 cm³/mol. The van der Waals surface area contributed by atoms with Gasteiger partial charge in [0.2, 0.25) is 5.91 Å². The van der Waals surface area contributed by atoms with Crippen LogP contribution in [0, 0.1) is 6.92 Å². The lowest BCUT2D eigenvalue weighted by Gasteiger charge is -2.29. The highest BCUT2D eigenvalue weighted by molar-refractivity contribution is 5.79. The number of aryl methyl sites for hydroxylation is 1. The highest BCUT2D eigenvalue weighted by Gasteiger charge is 2.23. The summed E-state index contributed by atoms with van der Waals surface area (Å²) in [5, 5.41) is 3.07. The number of hydrogen-bond acceptors (Lipinski definition) is 2. The van der Waals surface area contributed by atoms with Crippen LogP contribution in [0.15, 0.2) is 24.3 Å². The van der Waals surface area contributed by atoms with E-state index in [0.717, 1.165) is 18.4 Å². The molecule has 0 heterocycles. The van der Waals surface area contributed by atoms with Crippen molar-refractivity contribution in [3.63, 3.8) is 0 Å². The van der Waals surface area contributed by atoms with Crippen molar-refractivity contribution in [2.75, 3.05) is 0 Å². The third kappa shape index (κ3) is 3.57. The molecule has 1 aromatic rings. The van der Waals surface area contributed by atoms with Gasteiger partial charge in [-0.1, -0.05) is 42.7 Å². The van der Waals surface area contributed by atoms with E-state index in [9.17, 15) is 4.79 Å². The summed E-state index contributed by atoms with van der Waals surface area (Å²) in [6, 6.07) is 8.37. The molecular weight excluding hydrogens is 224 g/mol. The van der Waals surface area contributed by atoms with Gasteiger partial charge in [0.1, 0.15) is 0 Å². The van der Waals surface area contributed by atoms with Crippen molar-refractivity contribution in [3.05, 3.63) is 35.4 Å². The van der Waals surface area contributed by atoms with E-state index in [2.05, 4.69) is 11.4 Å². The summed E-state index contributed by atoms with van der Waals surface area (Å²) in [4.78, 5) is 12.0. The van der Waals surface area contributed by atoms with E-state index >= 15 is 0 Å². The minimum Gasteiger partial charge on any atom is -0.352 e. The van der Waals surface area contributed by atoms with E-state index in [1.807, 2.05) is 25.1 Å². The Kier molecular flexibility index (Phi) is 4.37. The molecule has 1 saturated carbocycles. The van der Waals surface area contributed by atoms with Gasteiger partial charge >= 0.3 is 0 Å². The number of amides is 1. The van der Waals surface area contributed by atoms with Crippen LogP contribution in [-0.4, -0.2) is 18.0 Å². The molecule has 0 radical (unpaired) electrons. The summed E-state index contributed by atoms with van der Waals surface area (Å²) in [7, 11) is 0. The molecule has 0 bridgehead atoms. The monoisotopic (exact) mass is 246 g/mol. The molecule has 1 aliphatic carbocycles. The Labute approximate surface area is 109 Å². The first-order valence-electron chi connectivity index (χ1n) is 6.75. The zero-order chi connectivity index (χ0) is 13.0. The molecule has 98 valence electrons. The van der Waals surface area contributed by atoms with Crippen molar-refractivity contribution in [3.8, 4) is 0 Å². The molecule has 0 aromatic heterocycles. The standard InChI is InChI=1S/C15H22N2O/c1-11-5-4-6-12(9-11)10-15(18)17-14-8-3-2-7-13(14)16/h4-6,9,13-14H,2-3,7-8,10,16H2,1H3,(H,17,18). The van der Waals surface area contributed by atoms with Crippen LogP contribution in [0.3, 0.4) is 0 Å². The van der Waals surface area contributed by atoms with Crippen molar-refractivity contribution in [1.29, 1.82) is 0 Å². The third-order valence-electron chi connectivity index (χ3n) is 3.61. The molecule has 18 heavy (non-hydrogen) atoms. The number of rotatable bonds is 3. The van der Waals surface area contributed by atoms with Crippen LogP contribution >= 0.6 is 0 Å². The van der Waals surface area contributed by atoms with E-state index in [0.29, 0.717) is 6.42 Å². The zero-order valence-electron chi connectivity index (χ0n) is 11.0. The Morgan fingerprint density at radius 2 is 2.17 bits per heavy atom. The second-order valence-corrected chi connectivity index (χ2v) is 5.29. The van der Waals surface area contributed by atoms with E-state index < -0.39 is 0 Å². The average Bonchev–Trinajstić information content (AvgIpc) is 2.32. The van der Waals surface area contributed by atoms with Crippen LogP contribution in [0.2, 0.25) is 0 Å². The van der Waals surface area contributed by atoms with Crippen LogP contribution in [-0.2, 0) is 11.2 Å². The Bertz CT molecular complexity index is 417. The van der Waals surface area contributed by atoms with Crippen LogP contribution < -0.4 is 11.1 Å². The average molecular weight is 246 g/mol. The summed E-state index contributed by atoms with van der Waals surface area (Å²) < 4.78 is 0. The quantitative estimate of drug-likeness (QED) is 0.856. The number of nitrogens with two attached hydrogens (primary N) is 1. The third-order valence-corrected chi connectivity index (χ3v) is 3.61. The molecule has 1 fully saturated rings. The van der Waals surface area contributed by atoms with Crippen molar-refractivity contribution in [2.45, 2.75) is 51.1 Å². The van der Waals surface area contributed by atoms with Crippen molar-refractivity contribution >= 4 is 5.91 Å². The Morgan fingerprint density at radius 3 is 2.89 bits per heavy atom. The highest BCUT2D eigenvalue weighted by atomic mass is 16.1. The predicted octanol–water partition coefficient (Wildman–Crippen LogP) is 1.92. The van der Waals surface area contributed by atoms with E-state index in [1.54, 1.807) is 0 Å². The minimum atomic E-state index is 0.0861. The largest absolute Gasteiger partial charge is 0.352 e. The first kappa shape index (κ1) is 13.1. The van der Waals surface area contributed by atoms with Gasteiger partial charge in [-0.15, -0.1) is 0 Å². The van der Waals surface area contributed by atoms with Crippen molar-refractivity contribution < 1.29 is 4.79 Å². The van der Waals surface area contributed by atoms with Crippen LogP contribution in [0.25, 0.3) is 0 Å². The maximum Gasteiger partial charge on any atom is 0.224 e. The SMILES string of the molecule is Cc1cccc(CC(=O)NC2CCCCC2N)c1. The van der Waals surface area contributed by atoms with Gasteiger partial charge in [-0.3, -0.25) is 4.79 Å². The second-order valence-electron chi connectivity index (χ2n) is 5.29.